The Kier molecular flexibility index (Phi) is 5.78. The summed E-state index contributed by atoms with van der Waals surface area (Å²) in [6.45, 7) is 2.06. The van der Waals surface area contributed by atoms with Gasteiger partial charge in [-0.3, -0.25) is 4.18 Å². The molecule has 2 unspecified atom stereocenters. The van der Waals surface area contributed by atoms with Crippen LogP contribution in [0.25, 0.3) is 21.5 Å². The summed E-state index contributed by atoms with van der Waals surface area (Å²) in [5.74, 6) is 0.456. The lowest BCUT2D eigenvalue weighted by Gasteiger charge is -2.39. The molecule has 2 atom stereocenters. The van der Waals surface area contributed by atoms with E-state index in [9.17, 15) is 25.8 Å². The van der Waals surface area contributed by atoms with Crippen molar-refractivity contribution in [1.29, 1.82) is 0 Å². The fraction of sp³-hybridized carbons (Fsp3) is 0.235. The minimum atomic E-state index is -5.86. The van der Waals surface area contributed by atoms with Crippen molar-refractivity contribution in [3.05, 3.63) is 101 Å². The lowest BCUT2D eigenvalue weighted by molar-refractivity contribution is -0.0500. The number of anilines is 1. The Labute approximate surface area is 264 Å². The van der Waals surface area contributed by atoms with Gasteiger partial charge in [0.05, 0.1) is 4.90 Å². The quantitative estimate of drug-likeness (QED) is 0.144. The number of rotatable bonds is 2. The average Bonchev–Trinajstić information content (AvgIpc) is 3.33. The van der Waals surface area contributed by atoms with Crippen molar-refractivity contribution in [2.24, 2.45) is 0 Å². The van der Waals surface area contributed by atoms with E-state index in [4.69, 9.17) is 8.92 Å². The molecule has 0 amide bonds. The highest BCUT2D eigenvalue weighted by atomic mass is 32.2. The number of hydrogen-bond acceptors (Lipinski definition) is 7. The van der Waals surface area contributed by atoms with Gasteiger partial charge in [-0.15, -0.1) is 0 Å². The van der Waals surface area contributed by atoms with Crippen LogP contribution in [-0.4, -0.2) is 31.2 Å². The summed E-state index contributed by atoms with van der Waals surface area (Å²) in [6, 6.07) is 20.9. The zero-order valence-electron chi connectivity index (χ0n) is 24.0. The van der Waals surface area contributed by atoms with E-state index in [1.165, 1.54) is 28.9 Å². The first-order chi connectivity index (χ1) is 22.1. The van der Waals surface area contributed by atoms with Gasteiger partial charge in [0.1, 0.15) is 17.2 Å². The molecule has 7 nitrogen and oxygen atoms in total. The van der Waals surface area contributed by atoms with E-state index in [2.05, 4.69) is 21.2 Å². The number of benzene rings is 5. The third-order valence-electron chi connectivity index (χ3n) is 9.52. The SMILES string of the molecule is O=S1OC2(c3ccccc31)c1ccc3cc(OS(=O)(=O)C(F)(F)F)ccc3c1Oc1c2ccc2c3c4c(cc12)CCCN4CCC3. The van der Waals surface area contributed by atoms with E-state index in [0.717, 1.165) is 55.6 Å². The highest BCUT2D eigenvalue weighted by molar-refractivity contribution is 7.88. The van der Waals surface area contributed by atoms with Crippen molar-refractivity contribution in [3.63, 3.8) is 0 Å². The van der Waals surface area contributed by atoms with Gasteiger partial charge >= 0.3 is 15.6 Å². The molecule has 1 spiro atoms. The zero-order valence-corrected chi connectivity index (χ0v) is 25.7. The second-order valence-corrected chi connectivity index (χ2v) is 14.6. The van der Waals surface area contributed by atoms with Gasteiger partial charge in [-0.25, -0.2) is 4.21 Å². The molecule has 4 heterocycles. The van der Waals surface area contributed by atoms with Crippen LogP contribution in [0.1, 0.15) is 40.7 Å². The largest absolute Gasteiger partial charge is 0.534 e. The van der Waals surface area contributed by atoms with Crippen LogP contribution in [0.2, 0.25) is 0 Å². The highest BCUT2D eigenvalue weighted by Gasteiger charge is 2.54. The van der Waals surface area contributed by atoms with Gasteiger partial charge in [0.25, 0.3) is 0 Å². The molecule has 9 rings (SSSR count). The lowest BCUT2D eigenvalue weighted by atomic mass is 9.76. The first-order valence-electron chi connectivity index (χ1n) is 14.9. The molecule has 0 aromatic heterocycles. The van der Waals surface area contributed by atoms with E-state index in [1.807, 2.05) is 18.2 Å². The number of aryl methyl sites for hydroxylation is 2. The molecular formula is C34H24F3NO6S2. The summed E-state index contributed by atoms with van der Waals surface area (Å²) in [5.41, 5.74) is -1.04. The second-order valence-electron chi connectivity index (χ2n) is 12.0. The first-order valence-corrected chi connectivity index (χ1v) is 17.4. The van der Waals surface area contributed by atoms with Gasteiger partial charge in [0.2, 0.25) is 0 Å². The Hall–Kier alpha value is -4.13. The summed E-state index contributed by atoms with van der Waals surface area (Å²) in [6.07, 6.45) is 3.97. The van der Waals surface area contributed by atoms with Crippen molar-refractivity contribution in [2.45, 2.75) is 41.7 Å². The van der Waals surface area contributed by atoms with Gasteiger partial charge in [-0.2, -0.15) is 21.6 Å². The third-order valence-corrected chi connectivity index (χ3v) is 11.6. The molecule has 4 aliphatic heterocycles. The molecule has 234 valence electrons. The zero-order chi connectivity index (χ0) is 31.6. The molecule has 12 heteroatoms. The maximum absolute atomic E-state index is 13.6. The number of ether oxygens (including phenoxy) is 1. The van der Waals surface area contributed by atoms with Crippen LogP contribution in [0.5, 0.6) is 17.2 Å². The standard InChI is InChI=1S/C34H24F3NO6S2/c35-34(36,37)46(40,41)43-21-10-11-22-19(17-21)9-13-27-31(22)42-32-25-18-20-5-3-15-38-16-4-6-24(30(20)38)23(25)12-14-28(32)33(27)26-7-1-2-8-29(26)45(39)44-33/h1-2,7-14,17-18H,3-6,15-16H2. The van der Waals surface area contributed by atoms with Gasteiger partial charge in [0.15, 0.2) is 16.7 Å². The monoisotopic (exact) mass is 663 g/mol. The van der Waals surface area contributed by atoms with Crippen LogP contribution in [0.4, 0.5) is 18.9 Å². The number of hydrogen-bond donors (Lipinski definition) is 0. The molecule has 0 aliphatic carbocycles. The average molecular weight is 664 g/mol. The fourth-order valence-electron chi connectivity index (χ4n) is 7.66. The predicted molar refractivity (Wildman–Crippen MR) is 166 cm³/mol. The van der Waals surface area contributed by atoms with Crippen LogP contribution in [0.15, 0.2) is 77.7 Å². The lowest BCUT2D eigenvalue weighted by Crippen LogP contribution is -2.35. The molecule has 0 radical (unpaired) electrons. The molecule has 5 aromatic rings. The summed E-state index contributed by atoms with van der Waals surface area (Å²) in [4.78, 5) is 3.01. The van der Waals surface area contributed by atoms with Crippen molar-refractivity contribution < 1.29 is 38.9 Å². The number of halogens is 3. The van der Waals surface area contributed by atoms with E-state index in [1.54, 1.807) is 24.3 Å². The molecule has 46 heavy (non-hydrogen) atoms. The molecule has 0 N–H and O–H groups in total. The van der Waals surface area contributed by atoms with Crippen LogP contribution in [0, 0.1) is 0 Å². The van der Waals surface area contributed by atoms with Crippen LogP contribution < -0.4 is 13.8 Å². The summed E-state index contributed by atoms with van der Waals surface area (Å²) < 4.78 is 93.9. The minimum absolute atomic E-state index is 0.379. The number of nitrogens with zero attached hydrogens (tertiary/aromatic N) is 1. The van der Waals surface area contributed by atoms with E-state index in [0.29, 0.717) is 43.9 Å². The minimum Gasteiger partial charge on any atom is -0.455 e. The molecule has 0 saturated carbocycles. The molecule has 4 aliphatic rings. The van der Waals surface area contributed by atoms with Crippen molar-refractivity contribution >= 4 is 48.4 Å². The van der Waals surface area contributed by atoms with E-state index in [-0.39, 0.29) is 0 Å². The Morgan fingerprint density at radius 2 is 1.54 bits per heavy atom. The first kappa shape index (κ1) is 28.1. The van der Waals surface area contributed by atoms with E-state index < -0.39 is 38.1 Å². The van der Waals surface area contributed by atoms with Gasteiger partial charge in [-0.05, 0) is 77.9 Å². The molecule has 5 aromatic carbocycles. The number of fused-ring (bicyclic) bond motifs is 11. The smallest absolute Gasteiger partial charge is 0.455 e. The molecule has 0 fully saturated rings. The number of alkyl halides is 3. The van der Waals surface area contributed by atoms with Crippen LogP contribution in [0.3, 0.4) is 0 Å². The van der Waals surface area contributed by atoms with Crippen molar-refractivity contribution in [1.82, 2.24) is 0 Å². The van der Waals surface area contributed by atoms with Crippen molar-refractivity contribution in [3.8, 4) is 17.2 Å². The van der Waals surface area contributed by atoms with E-state index >= 15 is 0 Å². The van der Waals surface area contributed by atoms with Gasteiger partial charge in [-0.1, -0.05) is 42.5 Å². The molecule has 0 bridgehead atoms. The predicted octanol–water partition coefficient (Wildman–Crippen LogP) is 7.37. The Morgan fingerprint density at radius 1 is 0.826 bits per heavy atom. The summed E-state index contributed by atoms with van der Waals surface area (Å²) in [5, 5.41) is 2.87. The highest BCUT2D eigenvalue weighted by Crippen LogP contribution is 2.60. The summed E-state index contributed by atoms with van der Waals surface area (Å²) in [7, 11) is -5.86. The third kappa shape index (κ3) is 3.74. The normalized spacial score (nSPS) is 21.5. The maximum Gasteiger partial charge on any atom is 0.534 e. The Balaban J connectivity index is 1.32. The van der Waals surface area contributed by atoms with Crippen LogP contribution >= 0.6 is 0 Å². The molecule has 0 saturated heterocycles. The summed E-state index contributed by atoms with van der Waals surface area (Å²) >= 11 is -1.80. The topological polar surface area (TPSA) is 82.1 Å². The van der Waals surface area contributed by atoms with Gasteiger partial charge in [0, 0.05) is 46.2 Å². The van der Waals surface area contributed by atoms with Crippen LogP contribution in [-0.2, 0) is 43.8 Å². The fourth-order valence-corrected chi connectivity index (χ4v) is 9.28. The Bertz CT molecular complexity index is 2300. The maximum atomic E-state index is 13.6. The van der Waals surface area contributed by atoms with Gasteiger partial charge < -0.3 is 13.8 Å². The Morgan fingerprint density at radius 3 is 2.35 bits per heavy atom. The molecular weight excluding hydrogens is 640 g/mol. The van der Waals surface area contributed by atoms with Crippen molar-refractivity contribution in [2.75, 3.05) is 18.0 Å². The second kappa shape index (κ2) is 9.46.